The van der Waals surface area contributed by atoms with E-state index in [1.54, 1.807) is 0 Å². The number of pyridine rings is 1. The molecule has 2 atom stereocenters. The van der Waals surface area contributed by atoms with Crippen molar-refractivity contribution >= 4 is 23.0 Å². The molecule has 4 aromatic rings. The van der Waals surface area contributed by atoms with Crippen LogP contribution in [-0.4, -0.2) is 14.7 Å². The summed E-state index contributed by atoms with van der Waals surface area (Å²) in [5.41, 5.74) is 6.91. The molecule has 2 aromatic carbocycles. The molecular weight excluding hydrogens is 424 g/mol. The number of hydrogen-bond acceptors (Lipinski definition) is 2. The van der Waals surface area contributed by atoms with Crippen LogP contribution in [0.3, 0.4) is 0 Å². The van der Waals surface area contributed by atoms with Crippen molar-refractivity contribution in [1.82, 2.24) is 14.9 Å². The molecule has 1 aliphatic heterocycles. The molecule has 1 aliphatic rings. The number of nitrogens with zero attached hydrogens (tertiary/aromatic N) is 3. The fourth-order valence-corrected chi connectivity index (χ4v) is 4.95. The number of anilines is 1. The van der Waals surface area contributed by atoms with Gasteiger partial charge in [-0.15, -0.1) is 0 Å². The van der Waals surface area contributed by atoms with Gasteiger partial charge in [-0.25, -0.2) is 0 Å². The van der Waals surface area contributed by atoms with Gasteiger partial charge < -0.3 is 14.8 Å². The van der Waals surface area contributed by atoms with E-state index < -0.39 is 0 Å². The van der Waals surface area contributed by atoms with Crippen LogP contribution >= 0.6 is 12.2 Å². The molecule has 1 saturated heterocycles. The quantitative estimate of drug-likeness (QED) is 0.351. The number of aromatic nitrogens is 2. The van der Waals surface area contributed by atoms with Crippen LogP contribution in [0.1, 0.15) is 54.4 Å². The minimum atomic E-state index is -0.0677. The molecule has 0 amide bonds. The monoisotopic (exact) mass is 452 g/mol. The van der Waals surface area contributed by atoms with Crippen molar-refractivity contribution < 1.29 is 0 Å². The summed E-state index contributed by atoms with van der Waals surface area (Å²) in [5.74, 6) is 0.485. The summed E-state index contributed by atoms with van der Waals surface area (Å²) >= 11 is 5.89. The molecule has 1 fully saturated rings. The molecule has 0 saturated carbocycles. The van der Waals surface area contributed by atoms with Crippen LogP contribution < -0.4 is 10.2 Å². The van der Waals surface area contributed by atoms with E-state index >= 15 is 0 Å². The summed E-state index contributed by atoms with van der Waals surface area (Å²) in [4.78, 5) is 6.92. The zero-order chi connectivity index (χ0) is 22.9. The van der Waals surface area contributed by atoms with E-state index in [9.17, 15) is 0 Å². The molecule has 3 heterocycles. The summed E-state index contributed by atoms with van der Waals surface area (Å²) in [7, 11) is 0. The van der Waals surface area contributed by atoms with Crippen molar-refractivity contribution in [3.8, 4) is 5.69 Å². The number of benzene rings is 2. The third-order valence-corrected chi connectivity index (χ3v) is 6.61. The lowest BCUT2D eigenvalue weighted by atomic mass is 9.99. The average molecular weight is 453 g/mol. The molecule has 0 aliphatic carbocycles. The molecule has 4 nitrogen and oxygen atoms in total. The van der Waals surface area contributed by atoms with Crippen molar-refractivity contribution in [2.45, 2.75) is 38.8 Å². The number of hydrogen-bond donors (Lipinski definition) is 1. The maximum absolute atomic E-state index is 5.89. The Labute approximate surface area is 200 Å². The third-order valence-electron chi connectivity index (χ3n) is 6.30. The minimum Gasteiger partial charge on any atom is -0.351 e. The van der Waals surface area contributed by atoms with Crippen LogP contribution in [0.5, 0.6) is 0 Å². The predicted octanol–water partition coefficient (Wildman–Crippen LogP) is 6.48. The van der Waals surface area contributed by atoms with Crippen LogP contribution in [0.15, 0.2) is 91.3 Å². The Morgan fingerprint density at radius 1 is 0.909 bits per heavy atom. The van der Waals surface area contributed by atoms with Crippen LogP contribution in [0.2, 0.25) is 0 Å². The van der Waals surface area contributed by atoms with Crippen molar-refractivity contribution in [2.75, 3.05) is 4.90 Å². The predicted molar refractivity (Wildman–Crippen MR) is 139 cm³/mol. The van der Waals surface area contributed by atoms with E-state index in [1.807, 2.05) is 18.3 Å². The summed E-state index contributed by atoms with van der Waals surface area (Å²) in [6.45, 7) is 6.55. The molecule has 0 spiro atoms. The van der Waals surface area contributed by atoms with Gasteiger partial charge in [0, 0.05) is 29.5 Å². The zero-order valence-corrected chi connectivity index (χ0v) is 20.0. The van der Waals surface area contributed by atoms with Gasteiger partial charge >= 0.3 is 0 Å². The van der Waals surface area contributed by atoms with Crippen LogP contribution in [-0.2, 0) is 0 Å². The maximum atomic E-state index is 5.89. The summed E-state index contributed by atoms with van der Waals surface area (Å²) in [6.07, 6.45) is 3.97. The Bertz CT molecular complexity index is 1260. The van der Waals surface area contributed by atoms with Crippen molar-refractivity contribution in [3.63, 3.8) is 0 Å². The maximum Gasteiger partial charge on any atom is 0.174 e. The Kier molecular flexibility index (Phi) is 5.73. The van der Waals surface area contributed by atoms with Crippen LogP contribution in [0, 0.1) is 6.92 Å². The lowest BCUT2D eigenvalue weighted by Crippen LogP contribution is -2.30. The van der Waals surface area contributed by atoms with Gasteiger partial charge in [0.15, 0.2) is 5.11 Å². The Morgan fingerprint density at radius 3 is 2.42 bits per heavy atom. The molecule has 1 N–H and O–H groups in total. The highest BCUT2D eigenvalue weighted by atomic mass is 32.1. The van der Waals surface area contributed by atoms with Gasteiger partial charge in [-0.2, -0.15) is 0 Å². The number of nitrogens with one attached hydrogen (secondary N) is 1. The number of rotatable bonds is 5. The van der Waals surface area contributed by atoms with Gasteiger partial charge in [0.2, 0.25) is 0 Å². The molecule has 0 bridgehead atoms. The van der Waals surface area contributed by atoms with Crippen LogP contribution in [0.4, 0.5) is 5.69 Å². The molecule has 0 radical (unpaired) electrons. The molecule has 5 rings (SSSR count). The molecule has 33 heavy (non-hydrogen) atoms. The summed E-state index contributed by atoms with van der Waals surface area (Å²) in [5, 5.41) is 4.28. The molecule has 166 valence electrons. The molecular formula is C28H28N4S. The van der Waals surface area contributed by atoms with E-state index in [4.69, 9.17) is 12.2 Å². The lowest BCUT2D eigenvalue weighted by molar-refractivity contribution is 0.549. The summed E-state index contributed by atoms with van der Waals surface area (Å²) < 4.78 is 2.26. The molecule has 5 heteroatoms. The second-order valence-corrected chi connectivity index (χ2v) is 9.27. The van der Waals surface area contributed by atoms with E-state index in [-0.39, 0.29) is 12.1 Å². The smallest absolute Gasteiger partial charge is 0.174 e. The number of aryl methyl sites for hydroxylation is 1. The normalized spacial score (nSPS) is 18.1. The third kappa shape index (κ3) is 4.05. The van der Waals surface area contributed by atoms with Gasteiger partial charge in [-0.3, -0.25) is 4.98 Å². The first-order chi connectivity index (χ1) is 16.0. The minimum absolute atomic E-state index is 0.0483. The topological polar surface area (TPSA) is 33.1 Å². The van der Waals surface area contributed by atoms with E-state index in [1.165, 1.54) is 11.1 Å². The Hall–Kier alpha value is -3.44. The van der Waals surface area contributed by atoms with Gasteiger partial charge in [-0.1, -0.05) is 44.2 Å². The highest BCUT2D eigenvalue weighted by molar-refractivity contribution is 7.80. The van der Waals surface area contributed by atoms with Gasteiger partial charge in [0.05, 0.1) is 11.7 Å². The van der Waals surface area contributed by atoms with Gasteiger partial charge in [-0.05, 0) is 84.7 Å². The first-order valence-corrected chi connectivity index (χ1v) is 11.8. The Morgan fingerprint density at radius 2 is 1.73 bits per heavy atom. The van der Waals surface area contributed by atoms with Crippen molar-refractivity contribution in [1.29, 1.82) is 0 Å². The SMILES string of the molecule is Cc1cccc(-n2cccc2[C@H]2[C@H](c3ccccn3)NC(=S)N2c2ccc(C(C)C)cc2)c1. The van der Waals surface area contributed by atoms with Gasteiger partial charge in [0.1, 0.15) is 6.04 Å². The van der Waals surface area contributed by atoms with E-state index in [0.717, 1.165) is 22.8 Å². The average Bonchev–Trinajstić information content (AvgIpc) is 3.44. The van der Waals surface area contributed by atoms with E-state index in [2.05, 4.69) is 113 Å². The standard InChI is InChI=1S/C28H28N4S/c1-19(2)21-12-14-22(15-13-21)32-27(26(30-28(32)33)24-10-4-5-16-29-24)25-11-7-17-31(25)23-9-6-8-20(3)18-23/h4-19,26-27H,1-3H3,(H,30,33)/t26-,27-/m0/s1. The van der Waals surface area contributed by atoms with Crippen LogP contribution in [0.25, 0.3) is 5.69 Å². The molecule has 2 aromatic heterocycles. The van der Waals surface area contributed by atoms with E-state index in [0.29, 0.717) is 11.0 Å². The zero-order valence-electron chi connectivity index (χ0n) is 19.1. The fourth-order valence-electron chi connectivity index (χ4n) is 4.60. The second-order valence-electron chi connectivity index (χ2n) is 8.88. The highest BCUT2D eigenvalue weighted by Crippen LogP contribution is 2.42. The lowest BCUT2D eigenvalue weighted by Gasteiger charge is -2.29. The first kappa shape index (κ1) is 21.4. The Balaban J connectivity index is 1.64. The largest absolute Gasteiger partial charge is 0.351 e. The van der Waals surface area contributed by atoms with Gasteiger partial charge in [0.25, 0.3) is 0 Å². The fraction of sp³-hybridized carbons (Fsp3) is 0.214. The highest BCUT2D eigenvalue weighted by Gasteiger charge is 2.42. The first-order valence-electron chi connectivity index (χ1n) is 11.4. The van der Waals surface area contributed by atoms with Crippen molar-refractivity contribution in [2.24, 2.45) is 0 Å². The number of thiocarbonyl (C=S) groups is 1. The molecule has 0 unspecified atom stereocenters. The second kappa shape index (κ2) is 8.83. The van der Waals surface area contributed by atoms with Crippen molar-refractivity contribution in [3.05, 3.63) is 114 Å². The summed E-state index contributed by atoms with van der Waals surface area (Å²) in [6, 6.07) is 27.6.